The van der Waals surface area contributed by atoms with Crippen LogP contribution in [0.15, 0.2) is 48.5 Å². The number of ether oxygens (including phenoxy) is 1. The first-order chi connectivity index (χ1) is 14.5. The smallest absolute Gasteiger partial charge is 0.228 e. The average Bonchev–Trinajstić information content (AvgIpc) is 3.15. The van der Waals surface area contributed by atoms with Crippen LogP contribution in [0.4, 0.5) is 5.69 Å². The van der Waals surface area contributed by atoms with E-state index in [-0.39, 0.29) is 17.7 Å². The van der Waals surface area contributed by atoms with Crippen molar-refractivity contribution in [2.45, 2.75) is 19.9 Å². The van der Waals surface area contributed by atoms with Gasteiger partial charge in [-0.15, -0.1) is 0 Å². The Bertz CT molecular complexity index is 887. The highest BCUT2D eigenvalue weighted by atomic mass is 16.5. The minimum absolute atomic E-state index is 0.0748. The molecule has 2 aliphatic heterocycles. The lowest BCUT2D eigenvalue weighted by atomic mass is 10.1. The molecule has 2 aromatic rings. The number of piperazine rings is 1. The van der Waals surface area contributed by atoms with Crippen LogP contribution >= 0.6 is 0 Å². The molecule has 2 aliphatic rings. The maximum Gasteiger partial charge on any atom is 0.228 e. The number of likely N-dealkylation sites (tertiary alicyclic amines) is 1. The van der Waals surface area contributed by atoms with Gasteiger partial charge in [0.15, 0.2) is 0 Å². The highest BCUT2D eigenvalue weighted by Crippen LogP contribution is 2.25. The molecule has 4 rings (SSSR count). The van der Waals surface area contributed by atoms with Crippen LogP contribution in [0.1, 0.15) is 17.5 Å². The first-order valence-corrected chi connectivity index (χ1v) is 10.5. The van der Waals surface area contributed by atoms with E-state index in [1.54, 1.807) is 7.11 Å². The van der Waals surface area contributed by atoms with Crippen molar-refractivity contribution in [3.63, 3.8) is 0 Å². The number of hydrogen-bond acceptors (Lipinski definition) is 4. The maximum absolute atomic E-state index is 13.0. The van der Waals surface area contributed by atoms with Crippen LogP contribution in [0.25, 0.3) is 0 Å². The molecule has 2 heterocycles. The zero-order valence-corrected chi connectivity index (χ0v) is 17.7. The number of amides is 2. The van der Waals surface area contributed by atoms with Crippen molar-refractivity contribution < 1.29 is 14.3 Å². The molecule has 0 saturated carbocycles. The summed E-state index contributed by atoms with van der Waals surface area (Å²) in [5.74, 6) is 0.805. The highest BCUT2D eigenvalue weighted by molar-refractivity contribution is 5.89. The highest BCUT2D eigenvalue weighted by Gasteiger charge is 2.37. The minimum Gasteiger partial charge on any atom is -0.497 e. The summed E-state index contributed by atoms with van der Waals surface area (Å²) >= 11 is 0. The van der Waals surface area contributed by atoms with Crippen LogP contribution in [-0.2, 0) is 16.1 Å². The lowest BCUT2D eigenvalue weighted by Crippen LogP contribution is -2.50. The minimum atomic E-state index is -0.226. The van der Waals surface area contributed by atoms with Crippen molar-refractivity contribution in [1.29, 1.82) is 0 Å². The van der Waals surface area contributed by atoms with Crippen LogP contribution < -0.4 is 9.64 Å². The topological polar surface area (TPSA) is 53.1 Å². The van der Waals surface area contributed by atoms with Crippen LogP contribution in [0.5, 0.6) is 5.75 Å². The third-order valence-corrected chi connectivity index (χ3v) is 6.09. The summed E-state index contributed by atoms with van der Waals surface area (Å²) in [5, 5.41) is 0. The Morgan fingerprint density at radius 1 is 1.00 bits per heavy atom. The molecule has 2 amide bonds. The van der Waals surface area contributed by atoms with Gasteiger partial charge in [-0.2, -0.15) is 0 Å². The van der Waals surface area contributed by atoms with Gasteiger partial charge in [0.1, 0.15) is 5.75 Å². The van der Waals surface area contributed by atoms with Crippen LogP contribution in [0.3, 0.4) is 0 Å². The summed E-state index contributed by atoms with van der Waals surface area (Å²) in [5.41, 5.74) is 3.45. The number of benzene rings is 2. The van der Waals surface area contributed by atoms with E-state index in [0.29, 0.717) is 32.6 Å². The quantitative estimate of drug-likeness (QED) is 0.765. The van der Waals surface area contributed by atoms with Gasteiger partial charge in [-0.1, -0.05) is 29.8 Å². The molecule has 2 fully saturated rings. The fourth-order valence-corrected chi connectivity index (χ4v) is 4.24. The van der Waals surface area contributed by atoms with Crippen molar-refractivity contribution in [3.05, 3.63) is 59.7 Å². The molecule has 6 nitrogen and oxygen atoms in total. The summed E-state index contributed by atoms with van der Waals surface area (Å²) in [6.45, 7) is 6.12. The van der Waals surface area contributed by atoms with Gasteiger partial charge in [0.2, 0.25) is 11.8 Å². The lowest BCUT2D eigenvalue weighted by Gasteiger charge is -2.37. The molecular weight excluding hydrogens is 378 g/mol. The molecule has 0 unspecified atom stereocenters. The van der Waals surface area contributed by atoms with Gasteiger partial charge in [0.05, 0.1) is 13.0 Å². The number of anilines is 1. The number of nitrogens with zero attached hydrogens (tertiary/aromatic N) is 3. The van der Waals surface area contributed by atoms with Gasteiger partial charge in [-0.05, 0) is 36.8 Å². The van der Waals surface area contributed by atoms with E-state index in [4.69, 9.17) is 4.74 Å². The summed E-state index contributed by atoms with van der Waals surface area (Å²) in [7, 11) is 1.66. The van der Waals surface area contributed by atoms with Gasteiger partial charge in [-0.3, -0.25) is 9.59 Å². The molecule has 6 heteroatoms. The molecule has 2 aromatic carbocycles. The Kier molecular flexibility index (Phi) is 5.93. The lowest BCUT2D eigenvalue weighted by molar-refractivity contribution is -0.136. The summed E-state index contributed by atoms with van der Waals surface area (Å²) in [4.78, 5) is 31.5. The van der Waals surface area contributed by atoms with Crippen LogP contribution in [-0.4, -0.2) is 61.4 Å². The van der Waals surface area contributed by atoms with Gasteiger partial charge >= 0.3 is 0 Å². The maximum atomic E-state index is 13.0. The predicted octanol–water partition coefficient (Wildman–Crippen LogP) is 2.70. The zero-order chi connectivity index (χ0) is 21.1. The fourth-order valence-electron chi connectivity index (χ4n) is 4.24. The van der Waals surface area contributed by atoms with E-state index in [1.165, 1.54) is 5.56 Å². The number of rotatable bonds is 5. The standard InChI is InChI=1S/C24H29N3O3/c1-18-3-5-19(6-4-18)16-27-17-20(15-23(27)28)24(29)26-13-11-25(12-14-26)21-7-9-22(30-2)10-8-21/h3-10,20H,11-17H2,1-2H3/t20-/m1/s1. The zero-order valence-electron chi connectivity index (χ0n) is 17.7. The van der Waals surface area contributed by atoms with Crippen molar-refractivity contribution in [2.75, 3.05) is 44.7 Å². The number of hydrogen-bond donors (Lipinski definition) is 0. The third-order valence-electron chi connectivity index (χ3n) is 6.09. The van der Waals surface area contributed by atoms with E-state index in [0.717, 1.165) is 30.1 Å². The Morgan fingerprint density at radius 3 is 2.30 bits per heavy atom. The van der Waals surface area contributed by atoms with Gasteiger partial charge in [0, 0.05) is 51.4 Å². The van der Waals surface area contributed by atoms with E-state index in [1.807, 2.05) is 28.9 Å². The SMILES string of the molecule is COc1ccc(N2CCN(C(=O)[C@@H]3CC(=O)N(Cc4ccc(C)cc4)C3)CC2)cc1. The van der Waals surface area contributed by atoms with Crippen molar-refractivity contribution in [1.82, 2.24) is 9.80 Å². The second-order valence-electron chi connectivity index (χ2n) is 8.17. The Labute approximate surface area is 178 Å². The monoisotopic (exact) mass is 407 g/mol. The number of carbonyl (C=O) groups excluding carboxylic acids is 2. The number of aryl methyl sites for hydroxylation is 1. The molecule has 0 bridgehead atoms. The van der Waals surface area contributed by atoms with E-state index in [9.17, 15) is 9.59 Å². The van der Waals surface area contributed by atoms with E-state index in [2.05, 4.69) is 41.3 Å². The molecule has 0 N–H and O–H groups in total. The number of carbonyl (C=O) groups is 2. The molecular formula is C24H29N3O3. The Hall–Kier alpha value is -3.02. The molecule has 0 spiro atoms. The number of methoxy groups -OCH3 is 1. The normalized spacial score (nSPS) is 19.3. The van der Waals surface area contributed by atoms with Crippen molar-refractivity contribution >= 4 is 17.5 Å². The van der Waals surface area contributed by atoms with E-state index < -0.39 is 0 Å². The summed E-state index contributed by atoms with van der Waals surface area (Å²) in [6.07, 6.45) is 0.323. The van der Waals surface area contributed by atoms with Crippen molar-refractivity contribution in [3.8, 4) is 5.75 Å². The predicted molar refractivity (Wildman–Crippen MR) is 116 cm³/mol. The molecule has 0 aromatic heterocycles. The van der Waals surface area contributed by atoms with Gasteiger partial charge < -0.3 is 19.4 Å². The largest absolute Gasteiger partial charge is 0.497 e. The van der Waals surface area contributed by atoms with Crippen molar-refractivity contribution in [2.24, 2.45) is 5.92 Å². The second kappa shape index (κ2) is 8.78. The molecule has 0 aliphatic carbocycles. The first-order valence-electron chi connectivity index (χ1n) is 10.5. The Morgan fingerprint density at radius 2 is 1.67 bits per heavy atom. The molecule has 30 heavy (non-hydrogen) atoms. The van der Waals surface area contributed by atoms with Gasteiger partial charge in [-0.25, -0.2) is 0 Å². The van der Waals surface area contributed by atoms with Gasteiger partial charge in [0.25, 0.3) is 0 Å². The van der Waals surface area contributed by atoms with Crippen LogP contribution in [0, 0.1) is 12.8 Å². The molecule has 2 saturated heterocycles. The first kappa shape index (κ1) is 20.3. The second-order valence-corrected chi connectivity index (χ2v) is 8.17. The average molecular weight is 408 g/mol. The molecule has 1 atom stereocenters. The van der Waals surface area contributed by atoms with Crippen LogP contribution in [0.2, 0.25) is 0 Å². The molecule has 158 valence electrons. The summed E-state index contributed by atoms with van der Waals surface area (Å²) < 4.78 is 5.22. The van der Waals surface area contributed by atoms with E-state index >= 15 is 0 Å². The molecule has 0 radical (unpaired) electrons. The third kappa shape index (κ3) is 4.42. The summed E-state index contributed by atoms with van der Waals surface area (Å²) in [6, 6.07) is 16.2. The Balaban J connectivity index is 1.30. The fraction of sp³-hybridized carbons (Fsp3) is 0.417.